The van der Waals surface area contributed by atoms with E-state index in [2.05, 4.69) is 9.97 Å². The van der Waals surface area contributed by atoms with Crippen molar-refractivity contribution >= 4 is 29.2 Å². The number of nitrogens with two attached hydrogens (primary N) is 1. The van der Waals surface area contributed by atoms with Crippen LogP contribution in [0.2, 0.25) is 0 Å². The number of benzene rings is 1. The molecule has 2 aromatic rings. The van der Waals surface area contributed by atoms with Crippen LogP contribution in [-0.2, 0) is 4.79 Å². The van der Waals surface area contributed by atoms with Crippen LogP contribution in [0.5, 0.6) is 0 Å². The molecule has 1 aromatic heterocycles. The van der Waals surface area contributed by atoms with Crippen molar-refractivity contribution < 1.29 is 4.79 Å². The average molecular weight is 299 g/mol. The third-order valence-electron chi connectivity index (χ3n) is 2.76. The van der Waals surface area contributed by atoms with Crippen LogP contribution in [0.15, 0.2) is 41.7 Å². The van der Waals surface area contributed by atoms with Gasteiger partial charge in [-0.1, -0.05) is 30.0 Å². The smallest absolute Gasteiger partial charge is 0.237 e. The maximum atomic E-state index is 12.1. The highest BCUT2D eigenvalue weighted by atomic mass is 32.2. The van der Waals surface area contributed by atoms with Crippen LogP contribution in [-0.4, -0.2) is 28.7 Å². The molecule has 7 heteroatoms. The number of nitrogens with zero attached hydrogens (tertiary/aromatic N) is 4. The van der Waals surface area contributed by atoms with E-state index >= 15 is 0 Å². The normalized spacial score (nSPS) is 9.90. The average Bonchev–Trinajstić information content (AvgIpc) is 2.52. The van der Waals surface area contributed by atoms with Gasteiger partial charge < -0.3 is 10.6 Å². The second-order valence-corrected chi connectivity index (χ2v) is 5.08. The Morgan fingerprint density at radius 1 is 1.43 bits per heavy atom. The molecule has 1 aromatic carbocycles. The highest BCUT2D eigenvalue weighted by Crippen LogP contribution is 2.18. The zero-order valence-corrected chi connectivity index (χ0v) is 12.2. The first-order valence-electron chi connectivity index (χ1n) is 6.09. The van der Waals surface area contributed by atoms with E-state index < -0.39 is 0 Å². The van der Waals surface area contributed by atoms with Crippen molar-refractivity contribution in [3.05, 3.63) is 42.1 Å². The van der Waals surface area contributed by atoms with Crippen molar-refractivity contribution in [3.8, 4) is 6.07 Å². The van der Waals surface area contributed by atoms with Gasteiger partial charge in [-0.3, -0.25) is 4.79 Å². The van der Waals surface area contributed by atoms with Gasteiger partial charge in [0.25, 0.3) is 0 Å². The molecule has 0 atom stereocenters. The van der Waals surface area contributed by atoms with Crippen LogP contribution in [0.1, 0.15) is 5.56 Å². The molecule has 106 valence electrons. The van der Waals surface area contributed by atoms with E-state index in [1.807, 2.05) is 36.4 Å². The van der Waals surface area contributed by atoms with E-state index in [1.165, 1.54) is 18.0 Å². The van der Waals surface area contributed by atoms with E-state index in [9.17, 15) is 4.79 Å². The number of nitriles is 1. The van der Waals surface area contributed by atoms with Crippen molar-refractivity contribution in [1.29, 1.82) is 5.26 Å². The van der Waals surface area contributed by atoms with Crippen LogP contribution in [0.3, 0.4) is 0 Å². The number of aromatic nitrogens is 2. The second kappa shape index (κ2) is 6.72. The van der Waals surface area contributed by atoms with E-state index in [0.29, 0.717) is 5.16 Å². The summed E-state index contributed by atoms with van der Waals surface area (Å²) in [7, 11) is 1.71. The molecule has 0 aliphatic rings. The Bertz CT molecular complexity index is 684. The van der Waals surface area contributed by atoms with Gasteiger partial charge in [-0.2, -0.15) is 5.26 Å². The SMILES string of the molecule is CN(C(=O)CSc1ncc(C#N)c(N)n1)c1ccccc1. The summed E-state index contributed by atoms with van der Waals surface area (Å²) in [4.78, 5) is 21.6. The van der Waals surface area contributed by atoms with Crippen LogP contribution < -0.4 is 10.6 Å². The molecule has 0 fully saturated rings. The van der Waals surface area contributed by atoms with E-state index in [0.717, 1.165) is 5.69 Å². The predicted molar refractivity (Wildman–Crippen MR) is 81.7 cm³/mol. The summed E-state index contributed by atoms with van der Waals surface area (Å²) in [6, 6.07) is 11.2. The Labute approximate surface area is 126 Å². The van der Waals surface area contributed by atoms with Crippen molar-refractivity contribution in [2.24, 2.45) is 0 Å². The van der Waals surface area contributed by atoms with Gasteiger partial charge >= 0.3 is 0 Å². The first-order valence-corrected chi connectivity index (χ1v) is 7.07. The number of nitrogen functional groups attached to an aromatic ring is 1. The molecule has 21 heavy (non-hydrogen) atoms. The Morgan fingerprint density at radius 3 is 2.76 bits per heavy atom. The van der Waals surface area contributed by atoms with E-state index in [-0.39, 0.29) is 23.0 Å². The molecule has 1 heterocycles. The van der Waals surface area contributed by atoms with Gasteiger partial charge in [0, 0.05) is 12.7 Å². The Morgan fingerprint density at radius 2 is 2.14 bits per heavy atom. The number of carbonyl (C=O) groups excluding carboxylic acids is 1. The molecule has 1 amide bonds. The highest BCUT2D eigenvalue weighted by molar-refractivity contribution is 7.99. The quantitative estimate of drug-likeness (QED) is 0.681. The molecular weight excluding hydrogens is 286 g/mol. The Hall–Kier alpha value is -2.59. The number of hydrogen-bond acceptors (Lipinski definition) is 6. The molecule has 0 unspecified atom stereocenters. The molecule has 0 radical (unpaired) electrons. The lowest BCUT2D eigenvalue weighted by molar-refractivity contribution is -0.115. The fourth-order valence-electron chi connectivity index (χ4n) is 1.55. The number of para-hydroxylation sites is 1. The fourth-order valence-corrected chi connectivity index (χ4v) is 2.29. The summed E-state index contributed by atoms with van der Waals surface area (Å²) in [6.45, 7) is 0. The predicted octanol–water partition coefficient (Wildman–Crippen LogP) is 1.69. The lowest BCUT2D eigenvalue weighted by Gasteiger charge is -2.16. The van der Waals surface area contributed by atoms with Crippen LogP contribution >= 0.6 is 11.8 Å². The number of anilines is 2. The van der Waals surface area contributed by atoms with Gasteiger partial charge in [-0.15, -0.1) is 0 Å². The molecule has 0 bridgehead atoms. The van der Waals surface area contributed by atoms with Crippen molar-refractivity contribution in [1.82, 2.24) is 9.97 Å². The largest absolute Gasteiger partial charge is 0.382 e. The third-order valence-corrected chi connectivity index (χ3v) is 3.61. The minimum Gasteiger partial charge on any atom is -0.382 e. The molecular formula is C14H13N5OS. The van der Waals surface area contributed by atoms with Crippen LogP contribution in [0.4, 0.5) is 11.5 Å². The van der Waals surface area contributed by atoms with Crippen molar-refractivity contribution in [3.63, 3.8) is 0 Å². The molecule has 0 aliphatic carbocycles. The van der Waals surface area contributed by atoms with Crippen molar-refractivity contribution in [2.75, 3.05) is 23.4 Å². The summed E-state index contributed by atoms with van der Waals surface area (Å²) >= 11 is 1.18. The number of hydrogen-bond donors (Lipinski definition) is 1. The van der Waals surface area contributed by atoms with E-state index in [1.54, 1.807) is 11.9 Å². The van der Waals surface area contributed by atoms with Gasteiger partial charge in [0.2, 0.25) is 5.91 Å². The van der Waals surface area contributed by atoms with Gasteiger partial charge in [0.15, 0.2) is 5.16 Å². The van der Waals surface area contributed by atoms with Gasteiger partial charge in [-0.25, -0.2) is 9.97 Å². The lowest BCUT2D eigenvalue weighted by Crippen LogP contribution is -2.27. The molecule has 0 saturated heterocycles. The van der Waals surface area contributed by atoms with Gasteiger partial charge in [0.1, 0.15) is 17.5 Å². The van der Waals surface area contributed by atoms with Crippen LogP contribution in [0.25, 0.3) is 0 Å². The molecule has 6 nitrogen and oxygen atoms in total. The number of thioether (sulfide) groups is 1. The summed E-state index contributed by atoms with van der Waals surface area (Å²) in [5.41, 5.74) is 6.66. The number of carbonyl (C=O) groups is 1. The van der Waals surface area contributed by atoms with Crippen LogP contribution in [0, 0.1) is 11.3 Å². The summed E-state index contributed by atoms with van der Waals surface area (Å²) in [6.07, 6.45) is 1.36. The topological polar surface area (TPSA) is 95.9 Å². The van der Waals surface area contributed by atoms with Crippen molar-refractivity contribution in [2.45, 2.75) is 5.16 Å². The Kier molecular flexibility index (Phi) is 4.74. The van der Waals surface area contributed by atoms with Gasteiger partial charge in [-0.05, 0) is 12.1 Å². The zero-order valence-electron chi connectivity index (χ0n) is 11.4. The molecule has 0 saturated carbocycles. The minimum absolute atomic E-state index is 0.0715. The molecule has 2 N–H and O–H groups in total. The maximum absolute atomic E-state index is 12.1. The standard InChI is InChI=1S/C14H13N5OS/c1-19(11-5-3-2-4-6-11)12(20)9-21-14-17-8-10(7-15)13(16)18-14/h2-6,8H,9H2,1H3,(H2,16,17,18). The first kappa shape index (κ1) is 14.8. The Balaban J connectivity index is 1.98. The van der Waals surface area contributed by atoms with Gasteiger partial charge in [0.05, 0.1) is 11.9 Å². The molecule has 0 aliphatic heterocycles. The zero-order chi connectivity index (χ0) is 15.2. The lowest BCUT2D eigenvalue weighted by atomic mass is 10.3. The molecule has 2 rings (SSSR count). The maximum Gasteiger partial charge on any atom is 0.237 e. The number of amides is 1. The summed E-state index contributed by atoms with van der Waals surface area (Å²) in [5, 5.41) is 9.12. The summed E-state index contributed by atoms with van der Waals surface area (Å²) < 4.78 is 0. The summed E-state index contributed by atoms with van der Waals surface area (Å²) in [5.74, 6) is 0.244. The molecule has 0 spiro atoms. The monoisotopic (exact) mass is 299 g/mol. The minimum atomic E-state index is -0.0715. The third kappa shape index (κ3) is 3.70. The second-order valence-electron chi connectivity index (χ2n) is 4.14. The highest BCUT2D eigenvalue weighted by Gasteiger charge is 2.12. The fraction of sp³-hybridized carbons (Fsp3) is 0.143. The number of rotatable bonds is 4. The van der Waals surface area contributed by atoms with E-state index in [4.69, 9.17) is 11.0 Å². The first-order chi connectivity index (χ1) is 10.1.